The maximum absolute atomic E-state index is 13.2. The number of aryl methyl sites for hydroxylation is 2. The van der Waals surface area contributed by atoms with Gasteiger partial charge in [0.25, 0.3) is 12.0 Å². The van der Waals surface area contributed by atoms with Crippen LogP contribution in [0.4, 0.5) is 0 Å². The van der Waals surface area contributed by atoms with E-state index in [-0.39, 0.29) is 105 Å². The second-order valence-corrected chi connectivity index (χ2v) is 18.5. The second kappa shape index (κ2) is 25.9. The van der Waals surface area contributed by atoms with Crippen LogP contribution in [0.1, 0.15) is 68.7 Å². The van der Waals surface area contributed by atoms with Crippen molar-refractivity contribution in [3.05, 3.63) is 221 Å². The minimum absolute atomic E-state index is 0. The molecule has 0 aliphatic heterocycles. The number of para-hydroxylation sites is 2. The molecule has 1 N–H and O–H groups in total. The Balaban J connectivity index is 0.000000187. The number of ether oxygens (including phenoxy) is 4. The average Bonchev–Trinajstić information content (AvgIpc) is 3.81. The predicted molar refractivity (Wildman–Crippen MR) is 297 cm³/mol. The Kier molecular flexibility index (Phi) is 17.8. The Morgan fingerprint density at radius 1 is 0.541 bits per heavy atom. The maximum Gasteiger partial charge on any atom is 1.00 e. The second-order valence-electron chi connectivity index (χ2n) is 18.5. The Hall–Kier alpha value is -9.66. The molecule has 6 aromatic carbocycles. The molecular formula is C60H47KN8O16. The van der Waals surface area contributed by atoms with Crippen LogP contribution >= 0.6 is 0 Å². The van der Waals surface area contributed by atoms with E-state index in [0.717, 1.165) is 38.9 Å². The molecule has 0 saturated heterocycles. The van der Waals surface area contributed by atoms with E-state index in [2.05, 4.69) is 39.3 Å². The van der Waals surface area contributed by atoms with Crippen LogP contribution in [0.3, 0.4) is 0 Å². The van der Waals surface area contributed by atoms with E-state index in [1.807, 2.05) is 120 Å². The van der Waals surface area contributed by atoms with Crippen molar-refractivity contribution in [3.63, 3.8) is 0 Å². The normalized spacial score (nSPS) is 11.1. The summed E-state index contributed by atoms with van der Waals surface area (Å²) in [5, 5.41) is 7.59. The molecule has 85 heavy (non-hydrogen) atoms. The van der Waals surface area contributed by atoms with Crippen molar-refractivity contribution in [2.45, 2.75) is 54.0 Å². The van der Waals surface area contributed by atoms with Crippen LogP contribution in [0.5, 0.6) is 12.0 Å². The van der Waals surface area contributed by atoms with Crippen molar-refractivity contribution in [2.24, 2.45) is 0 Å². The number of carbonyl (C=O) groups is 2. The van der Waals surface area contributed by atoms with Crippen LogP contribution < -0.4 is 89.0 Å². The van der Waals surface area contributed by atoms with Crippen molar-refractivity contribution in [1.29, 1.82) is 0 Å². The minimum atomic E-state index is -0.860. The Morgan fingerprint density at radius 3 is 1.41 bits per heavy atom. The fourth-order valence-corrected chi connectivity index (χ4v) is 9.34. The molecule has 0 amide bonds. The van der Waals surface area contributed by atoms with E-state index in [1.165, 1.54) is 0 Å². The van der Waals surface area contributed by atoms with Gasteiger partial charge in [-0.2, -0.15) is 9.97 Å². The monoisotopic (exact) mass is 1170 g/mol. The molecule has 6 heterocycles. The number of rotatable bonds is 18. The molecule has 424 valence electrons. The number of fused-ring (bicyclic) bond motifs is 2. The zero-order chi connectivity index (χ0) is 58.4. The van der Waals surface area contributed by atoms with Gasteiger partial charge in [-0.15, -0.1) is 0 Å². The molecule has 12 aromatic rings. The van der Waals surface area contributed by atoms with Crippen molar-refractivity contribution in [1.82, 2.24) is 39.4 Å². The Morgan fingerprint density at radius 2 is 1.00 bits per heavy atom. The first-order valence-electron chi connectivity index (χ1n) is 26.0. The topological polar surface area (TPSA) is 309 Å². The number of hydrogen-bond donors (Lipinski definition) is 1. The summed E-state index contributed by atoms with van der Waals surface area (Å²) in [5.41, 5.74) is 9.48. The number of benzene rings is 6. The first-order chi connectivity index (χ1) is 40.8. The summed E-state index contributed by atoms with van der Waals surface area (Å²) in [7, 11) is 0. The number of H-pyrrole nitrogens is 1. The van der Waals surface area contributed by atoms with E-state index in [0.29, 0.717) is 71.8 Å². The summed E-state index contributed by atoms with van der Waals surface area (Å²) in [5.74, 6) is -3.01. The van der Waals surface area contributed by atoms with Crippen molar-refractivity contribution in [2.75, 3.05) is 13.2 Å². The van der Waals surface area contributed by atoms with Gasteiger partial charge in [0.15, 0.2) is 42.1 Å². The quantitative estimate of drug-likeness (QED) is 0.0755. The summed E-state index contributed by atoms with van der Waals surface area (Å²) >= 11 is 0. The fraction of sp³-hybridized carbons (Fsp3) is 0.167. The number of esters is 2. The molecule has 0 unspecified atom stereocenters. The van der Waals surface area contributed by atoms with Gasteiger partial charge < -0.3 is 46.1 Å². The Labute approximate surface area is 521 Å². The summed E-state index contributed by atoms with van der Waals surface area (Å²) < 4.78 is 55.1. The number of hydrogen-bond acceptors (Lipinski definition) is 20. The smallest absolute Gasteiger partial charge is 0.465 e. The molecule has 24 nitrogen and oxygen atoms in total. The largest absolute Gasteiger partial charge is 1.00 e. The van der Waals surface area contributed by atoms with E-state index >= 15 is 0 Å². The number of nitrogens with one attached hydrogen (secondary N) is 1. The van der Waals surface area contributed by atoms with E-state index in [4.69, 9.17) is 36.6 Å². The predicted octanol–water partition coefficient (Wildman–Crippen LogP) is 6.04. The van der Waals surface area contributed by atoms with Crippen LogP contribution in [0, 0.1) is 13.8 Å². The van der Waals surface area contributed by atoms with E-state index in [9.17, 15) is 28.8 Å². The van der Waals surface area contributed by atoms with Gasteiger partial charge in [-0.3, -0.25) is 23.8 Å². The maximum atomic E-state index is 13.2. The van der Waals surface area contributed by atoms with Gasteiger partial charge >= 0.3 is 86.5 Å². The fourth-order valence-electron chi connectivity index (χ4n) is 9.34. The van der Waals surface area contributed by atoms with Gasteiger partial charge in [0.05, 0.1) is 59.5 Å². The van der Waals surface area contributed by atoms with Crippen LogP contribution in [-0.4, -0.2) is 59.6 Å². The van der Waals surface area contributed by atoms with Gasteiger partial charge in [0.1, 0.15) is 0 Å². The SMILES string of the molecule is CCOc1nc2cccc(C(=O)OCc3oc(=O)oc3C)c2n1Cc1ccc(-c2ccccc2-c2noc(=O)[n-]2)cc1.CCOc1nc2cccc(C(=O)OCc3oc(=O)oc3C)c2n1Cc1ccc(-c2ccccc2-c2noc(=O)[nH]2)cc1.[K+]. The van der Waals surface area contributed by atoms with E-state index < -0.39 is 35.1 Å². The zero-order valence-corrected chi connectivity index (χ0v) is 49.2. The van der Waals surface area contributed by atoms with Gasteiger partial charge in [0.2, 0.25) is 0 Å². The number of aromatic amines is 1. The van der Waals surface area contributed by atoms with Crippen molar-refractivity contribution >= 4 is 34.0 Å². The molecule has 0 radical (unpaired) electrons. The molecule has 0 saturated carbocycles. The molecule has 12 rings (SSSR count). The third-order valence-electron chi connectivity index (χ3n) is 13.2. The molecule has 6 aromatic heterocycles. The molecule has 0 aliphatic carbocycles. The molecule has 0 fully saturated rings. The summed E-state index contributed by atoms with van der Waals surface area (Å²) in [4.78, 5) is 87.6. The van der Waals surface area contributed by atoms with Crippen molar-refractivity contribution in [3.8, 4) is 57.1 Å². The molecule has 25 heteroatoms. The van der Waals surface area contributed by atoms with Crippen LogP contribution in [0.25, 0.3) is 67.1 Å². The third kappa shape index (κ3) is 12.8. The molecule has 0 aliphatic rings. The molecule has 0 spiro atoms. The average molecular weight is 1180 g/mol. The standard InChI is InChI=1S/2C30H24N4O8.K/c2*1-3-38-28-31-23-10-6-9-22(27(35)39-16-24-17(2)40-30(37)41-24)25(23)34(28)15-18-11-13-19(14-12-18)20-7-4-5-8-21(20)26-32-29(36)42-33-26;/h2*4-14H,3,15-16H2,1-2H3,(H,32,33,36);/q;;+1/p-1. The first kappa shape index (κ1) is 58.5. The van der Waals surface area contributed by atoms with Crippen molar-refractivity contribution < 1.29 is 107 Å². The molecule has 0 atom stereocenters. The van der Waals surface area contributed by atoms with Gasteiger partial charge in [0, 0.05) is 5.56 Å². The number of carbonyl (C=O) groups excluding carboxylic acids is 2. The Bertz CT molecular complexity index is 4320. The van der Waals surface area contributed by atoms with Gasteiger partial charge in [-0.25, -0.2) is 28.8 Å². The molecular weight excluding hydrogens is 1130 g/mol. The summed E-state index contributed by atoms with van der Waals surface area (Å²) in [6, 6.07) is 41.6. The van der Waals surface area contributed by atoms with Crippen LogP contribution in [0.15, 0.2) is 179 Å². The summed E-state index contributed by atoms with van der Waals surface area (Å²) in [6.07, 6.45) is 0. The number of nitrogens with zero attached hydrogens (tertiary/aromatic N) is 7. The third-order valence-corrected chi connectivity index (χ3v) is 13.2. The first-order valence-corrected chi connectivity index (χ1v) is 26.0. The summed E-state index contributed by atoms with van der Waals surface area (Å²) in [6.45, 7) is 7.74. The van der Waals surface area contributed by atoms with Crippen LogP contribution in [0.2, 0.25) is 0 Å². The van der Waals surface area contributed by atoms with E-state index in [1.54, 1.807) is 50.2 Å². The van der Waals surface area contributed by atoms with Crippen LogP contribution in [-0.2, 0) is 35.8 Å². The van der Waals surface area contributed by atoms with Gasteiger partial charge in [-0.05, 0) is 96.7 Å². The minimum Gasteiger partial charge on any atom is -0.465 e. The zero-order valence-electron chi connectivity index (χ0n) is 46.1. The number of imidazole rings is 2. The number of aromatic nitrogens is 8. The molecule has 0 bridgehead atoms. The van der Waals surface area contributed by atoms with Gasteiger partial charge in [-0.1, -0.05) is 114 Å².